The number of carboxylic acid groups (broad SMARTS) is 1. The topological polar surface area (TPSA) is 88.5 Å². The highest BCUT2D eigenvalue weighted by Crippen LogP contribution is 2.40. The molecule has 0 aliphatic carbocycles. The highest BCUT2D eigenvalue weighted by atomic mass is 16.5. The molecule has 1 amide bonds. The third kappa shape index (κ3) is 3.19. The first kappa shape index (κ1) is 14.9. The van der Waals surface area contributed by atoms with Crippen LogP contribution in [0.15, 0.2) is 12.1 Å². The van der Waals surface area contributed by atoms with Gasteiger partial charge in [0.25, 0.3) is 0 Å². The average molecular weight is 271 g/mol. The zero-order valence-corrected chi connectivity index (χ0v) is 11.0. The second kappa shape index (κ2) is 6.69. The first-order chi connectivity index (χ1) is 9.08. The van der Waals surface area contributed by atoms with E-state index in [4.69, 9.17) is 24.4 Å². The van der Waals surface area contributed by atoms with Crippen molar-refractivity contribution in [1.82, 2.24) is 0 Å². The lowest BCUT2D eigenvalue weighted by atomic mass is 10.2. The molecule has 0 radical (unpaired) electrons. The van der Waals surface area contributed by atoms with Gasteiger partial charge < -0.3 is 24.4 Å². The van der Waals surface area contributed by atoms with E-state index in [2.05, 4.69) is 0 Å². The maximum absolute atomic E-state index is 11.1. The molecule has 0 spiro atoms. The summed E-state index contributed by atoms with van der Waals surface area (Å²) >= 11 is 0. The van der Waals surface area contributed by atoms with E-state index in [1.165, 1.54) is 33.5 Å². The summed E-state index contributed by atoms with van der Waals surface area (Å²) in [5, 5.41) is 18.0. The van der Waals surface area contributed by atoms with Crippen LogP contribution in [-0.4, -0.2) is 50.8 Å². The molecule has 0 aliphatic rings. The number of methoxy groups -OCH3 is 3. The standard InChI is InChI=1S/C12H17NO6/c1-17-9-6-8(13(4-5-14)12(15)16)7-10(18-2)11(9)19-3/h6-7,14H,4-5H2,1-3H3,(H,15,16). The number of rotatable bonds is 6. The molecule has 1 aromatic rings. The fourth-order valence-electron chi connectivity index (χ4n) is 1.66. The molecule has 0 atom stereocenters. The third-order valence-electron chi connectivity index (χ3n) is 2.52. The van der Waals surface area contributed by atoms with Crippen LogP contribution in [0.1, 0.15) is 0 Å². The number of carbonyl (C=O) groups is 1. The van der Waals surface area contributed by atoms with E-state index in [9.17, 15) is 4.79 Å². The van der Waals surface area contributed by atoms with Gasteiger partial charge in [-0.1, -0.05) is 0 Å². The lowest BCUT2D eigenvalue weighted by Gasteiger charge is -2.21. The fraction of sp³-hybridized carbons (Fsp3) is 0.417. The largest absolute Gasteiger partial charge is 0.493 e. The minimum atomic E-state index is -1.18. The first-order valence-corrected chi connectivity index (χ1v) is 5.50. The molecule has 106 valence electrons. The molecule has 7 nitrogen and oxygen atoms in total. The number of nitrogens with zero attached hydrogens (tertiary/aromatic N) is 1. The Morgan fingerprint density at radius 1 is 1.16 bits per heavy atom. The van der Waals surface area contributed by atoms with E-state index >= 15 is 0 Å². The summed E-state index contributed by atoms with van der Waals surface area (Å²) in [6.45, 7) is -0.336. The Bertz CT molecular complexity index is 423. The van der Waals surface area contributed by atoms with Crippen LogP contribution in [0.2, 0.25) is 0 Å². The molecular formula is C12H17NO6. The van der Waals surface area contributed by atoms with Crippen molar-refractivity contribution in [3.63, 3.8) is 0 Å². The molecule has 2 N–H and O–H groups in total. The predicted molar refractivity (Wildman–Crippen MR) is 68.6 cm³/mol. The quantitative estimate of drug-likeness (QED) is 0.808. The summed E-state index contributed by atoms with van der Waals surface area (Å²) in [4.78, 5) is 12.1. The molecule has 0 bridgehead atoms. The molecule has 19 heavy (non-hydrogen) atoms. The lowest BCUT2D eigenvalue weighted by molar-refractivity contribution is 0.198. The van der Waals surface area contributed by atoms with Crippen LogP contribution in [-0.2, 0) is 0 Å². The van der Waals surface area contributed by atoms with Crippen molar-refractivity contribution in [3.05, 3.63) is 12.1 Å². The summed E-state index contributed by atoms with van der Waals surface area (Å²) in [5.74, 6) is 1.07. The number of amides is 1. The number of aliphatic hydroxyl groups is 1. The number of hydrogen-bond acceptors (Lipinski definition) is 5. The maximum Gasteiger partial charge on any atom is 0.411 e. The molecule has 0 heterocycles. The Morgan fingerprint density at radius 2 is 1.68 bits per heavy atom. The average Bonchev–Trinajstić information content (AvgIpc) is 2.42. The van der Waals surface area contributed by atoms with Crippen LogP contribution in [0.5, 0.6) is 17.2 Å². The Hall–Kier alpha value is -2.15. The van der Waals surface area contributed by atoms with Gasteiger partial charge in [-0.25, -0.2) is 4.79 Å². The van der Waals surface area contributed by atoms with Crippen LogP contribution < -0.4 is 19.1 Å². The van der Waals surface area contributed by atoms with Crippen molar-refractivity contribution in [3.8, 4) is 17.2 Å². The number of anilines is 1. The van der Waals surface area contributed by atoms with Crippen molar-refractivity contribution in [2.45, 2.75) is 0 Å². The fourth-order valence-corrected chi connectivity index (χ4v) is 1.66. The smallest absolute Gasteiger partial charge is 0.411 e. The monoisotopic (exact) mass is 271 g/mol. The highest BCUT2D eigenvalue weighted by molar-refractivity contribution is 5.87. The molecule has 0 saturated carbocycles. The van der Waals surface area contributed by atoms with E-state index in [-0.39, 0.29) is 13.2 Å². The number of hydrogen-bond donors (Lipinski definition) is 2. The Balaban J connectivity index is 3.31. The predicted octanol–water partition coefficient (Wildman–Crippen LogP) is 1.19. The Kier molecular flexibility index (Phi) is 5.25. The second-order valence-corrected chi connectivity index (χ2v) is 3.54. The van der Waals surface area contributed by atoms with Crippen molar-refractivity contribution in [1.29, 1.82) is 0 Å². The van der Waals surface area contributed by atoms with Gasteiger partial charge in [0.05, 0.1) is 40.2 Å². The van der Waals surface area contributed by atoms with Crippen LogP contribution in [0.4, 0.5) is 10.5 Å². The normalized spacial score (nSPS) is 9.89. The Morgan fingerprint density at radius 3 is 2.00 bits per heavy atom. The highest BCUT2D eigenvalue weighted by Gasteiger charge is 2.20. The van der Waals surface area contributed by atoms with Gasteiger partial charge in [0, 0.05) is 12.1 Å². The van der Waals surface area contributed by atoms with Gasteiger partial charge in [0.2, 0.25) is 5.75 Å². The van der Waals surface area contributed by atoms with Gasteiger partial charge in [-0.15, -0.1) is 0 Å². The second-order valence-electron chi connectivity index (χ2n) is 3.54. The van der Waals surface area contributed by atoms with E-state index in [1.54, 1.807) is 0 Å². The van der Waals surface area contributed by atoms with E-state index in [0.717, 1.165) is 4.90 Å². The van der Waals surface area contributed by atoms with Gasteiger partial charge in [0.15, 0.2) is 11.5 Å². The van der Waals surface area contributed by atoms with E-state index in [1.807, 2.05) is 0 Å². The molecule has 0 aromatic heterocycles. The van der Waals surface area contributed by atoms with E-state index < -0.39 is 6.09 Å². The summed E-state index contributed by atoms with van der Waals surface area (Å²) in [5.41, 5.74) is 0.330. The van der Waals surface area contributed by atoms with Gasteiger partial charge in [-0.2, -0.15) is 0 Å². The number of ether oxygens (including phenoxy) is 3. The van der Waals surface area contributed by atoms with Gasteiger partial charge in [-0.05, 0) is 0 Å². The lowest BCUT2D eigenvalue weighted by Crippen LogP contribution is -2.32. The molecule has 0 fully saturated rings. The Labute approximate surface area is 110 Å². The zero-order chi connectivity index (χ0) is 14.4. The molecule has 0 aliphatic heterocycles. The zero-order valence-electron chi connectivity index (χ0n) is 11.0. The van der Waals surface area contributed by atoms with Crippen molar-refractivity contribution in [2.75, 3.05) is 39.4 Å². The maximum atomic E-state index is 11.1. The molecule has 1 aromatic carbocycles. The van der Waals surface area contributed by atoms with Crippen LogP contribution in [0.3, 0.4) is 0 Å². The van der Waals surface area contributed by atoms with Gasteiger partial charge in [-0.3, -0.25) is 4.90 Å². The minimum Gasteiger partial charge on any atom is -0.493 e. The van der Waals surface area contributed by atoms with Crippen LogP contribution in [0.25, 0.3) is 0 Å². The van der Waals surface area contributed by atoms with E-state index in [0.29, 0.717) is 22.9 Å². The molecule has 7 heteroatoms. The summed E-state index contributed by atoms with van der Waals surface area (Å²) < 4.78 is 15.4. The van der Waals surface area contributed by atoms with Crippen LogP contribution in [0, 0.1) is 0 Å². The van der Waals surface area contributed by atoms with Crippen LogP contribution >= 0.6 is 0 Å². The minimum absolute atomic E-state index is 0.0476. The summed E-state index contributed by atoms with van der Waals surface area (Å²) in [6.07, 6.45) is -1.18. The van der Waals surface area contributed by atoms with Crippen molar-refractivity contribution < 1.29 is 29.2 Å². The molecule has 0 unspecified atom stereocenters. The molecule has 1 rings (SSSR count). The third-order valence-corrected chi connectivity index (χ3v) is 2.52. The van der Waals surface area contributed by atoms with Crippen molar-refractivity contribution >= 4 is 11.8 Å². The molecule has 0 saturated heterocycles. The SMILES string of the molecule is COc1cc(N(CCO)C(=O)O)cc(OC)c1OC. The summed E-state index contributed by atoms with van der Waals surface area (Å²) in [6, 6.07) is 3.01. The number of aliphatic hydroxyl groups excluding tert-OH is 1. The molecular weight excluding hydrogens is 254 g/mol. The first-order valence-electron chi connectivity index (χ1n) is 5.50. The summed E-state index contributed by atoms with van der Waals surface area (Å²) in [7, 11) is 4.35. The number of benzene rings is 1. The van der Waals surface area contributed by atoms with Crippen molar-refractivity contribution in [2.24, 2.45) is 0 Å². The van der Waals surface area contributed by atoms with Gasteiger partial charge >= 0.3 is 6.09 Å². The van der Waals surface area contributed by atoms with Gasteiger partial charge in [0.1, 0.15) is 0 Å².